The molecule has 0 bridgehead atoms. The largest absolute Gasteiger partial charge is 0.495 e. The number of benzene rings is 1. The molecule has 2 heterocycles. The number of ether oxygens (including phenoxy) is 2. The molecule has 0 spiro atoms. The first kappa shape index (κ1) is 22.5. The zero-order valence-electron chi connectivity index (χ0n) is 18.1. The van der Waals surface area contributed by atoms with E-state index in [1.54, 1.807) is 52.0 Å². The van der Waals surface area contributed by atoms with Gasteiger partial charge in [0, 0.05) is 0 Å². The molecule has 1 N–H and O–H groups in total. The van der Waals surface area contributed by atoms with Crippen LogP contribution in [0.2, 0.25) is 0 Å². The Hall–Kier alpha value is -3.20. The molecule has 0 saturated heterocycles. The van der Waals surface area contributed by atoms with Crippen molar-refractivity contribution >= 4 is 39.1 Å². The number of amides is 1. The van der Waals surface area contributed by atoms with E-state index in [0.29, 0.717) is 38.5 Å². The summed E-state index contributed by atoms with van der Waals surface area (Å²) in [6.45, 7) is 7.02. The monoisotopic (exact) mass is 443 g/mol. The van der Waals surface area contributed by atoms with Gasteiger partial charge in [0.05, 0.1) is 35.5 Å². The van der Waals surface area contributed by atoms with Crippen molar-refractivity contribution in [1.82, 2.24) is 9.55 Å². The molecule has 1 amide bonds. The van der Waals surface area contributed by atoms with Gasteiger partial charge in [-0.3, -0.25) is 14.2 Å². The fourth-order valence-electron chi connectivity index (χ4n) is 3.29. The van der Waals surface area contributed by atoms with Crippen molar-refractivity contribution in [2.45, 2.75) is 46.3 Å². The predicted molar refractivity (Wildman–Crippen MR) is 120 cm³/mol. The molecule has 3 rings (SSSR count). The summed E-state index contributed by atoms with van der Waals surface area (Å²) in [7, 11) is 1.52. The third-order valence-corrected chi connectivity index (χ3v) is 5.98. The highest BCUT2D eigenvalue weighted by Crippen LogP contribution is 2.30. The van der Waals surface area contributed by atoms with Gasteiger partial charge in [0.2, 0.25) is 0 Å². The van der Waals surface area contributed by atoms with Crippen molar-refractivity contribution in [2.24, 2.45) is 0 Å². The third kappa shape index (κ3) is 4.46. The first-order valence-corrected chi connectivity index (χ1v) is 10.7. The number of hydrogen-bond donors (Lipinski definition) is 1. The van der Waals surface area contributed by atoms with E-state index in [0.717, 1.165) is 11.3 Å². The quantitative estimate of drug-likeness (QED) is 0.556. The van der Waals surface area contributed by atoms with Gasteiger partial charge in [-0.1, -0.05) is 19.1 Å². The molecule has 1 atom stereocenters. The number of methoxy groups -OCH3 is 1. The lowest BCUT2D eigenvalue weighted by molar-refractivity contribution is -0.151. The molecule has 0 aliphatic heterocycles. The van der Waals surface area contributed by atoms with E-state index in [4.69, 9.17) is 9.47 Å². The number of aromatic nitrogens is 2. The molecule has 0 aliphatic carbocycles. The molecule has 0 aliphatic rings. The summed E-state index contributed by atoms with van der Waals surface area (Å²) in [6.07, 6.45) is 1.43. The second-order valence-corrected chi connectivity index (χ2v) is 8.26. The maximum atomic E-state index is 13.2. The van der Waals surface area contributed by atoms with Crippen LogP contribution >= 0.6 is 11.3 Å². The average Bonchev–Trinajstić information content (AvgIpc) is 3.07. The number of nitrogens with one attached hydrogen (secondary N) is 1. The van der Waals surface area contributed by atoms with Crippen LogP contribution in [-0.4, -0.2) is 34.6 Å². The lowest BCUT2D eigenvalue weighted by atomic mass is 10.1. The maximum absolute atomic E-state index is 13.2. The van der Waals surface area contributed by atoms with Crippen LogP contribution in [0.15, 0.2) is 35.4 Å². The molecule has 0 saturated carbocycles. The van der Waals surface area contributed by atoms with Gasteiger partial charge in [0.25, 0.3) is 11.5 Å². The van der Waals surface area contributed by atoms with Crippen LogP contribution in [0.3, 0.4) is 0 Å². The minimum Gasteiger partial charge on any atom is -0.495 e. The van der Waals surface area contributed by atoms with E-state index in [2.05, 4.69) is 10.3 Å². The fourth-order valence-corrected chi connectivity index (χ4v) is 4.33. The first-order valence-electron chi connectivity index (χ1n) is 9.93. The highest BCUT2D eigenvalue weighted by atomic mass is 32.1. The van der Waals surface area contributed by atoms with Crippen LogP contribution in [0.1, 0.15) is 48.5 Å². The topological polar surface area (TPSA) is 99.5 Å². The summed E-state index contributed by atoms with van der Waals surface area (Å²) < 4.78 is 11.8. The number of aryl methyl sites for hydroxylation is 1. The van der Waals surface area contributed by atoms with Crippen molar-refractivity contribution < 1.29 is 19.1 Å². The van der Waals surface area contributed by atoms with Crippen LogP contribution in [0.5, 0.6) is 5.75 Å². The van der Waals surface area contributed by atoms with Gasteiger partial charge in [-0.2, -0.15) is 0 Å². The zero-order valence-corrected chi connectivity index (χ0v) is 18.9. The minimum atomic E-state index is -0.781. The van der Waals surface area contributed by atoms with Crippen molar-refractivity contribution in [3.63, 3.8) is 0 Å². The highest BCUT2D eigenvalue weighted by molar-refractivity contribution is 7.20. The van der Waals surface area contributed by atoms with Crippen molar-refractivity contribution in [1.29, 1.82) is 0 Å². The first-order chi connectivity index (χ1) is 14.8. The van der Waals surface area contributed by atoms with Gasteiger partial charge < -0.3 is 14.8 Å². The average molecular weight is 444 g/mol. The van der Waals surface area contributed by atoms with Crippen molar-refractivity contribution in [2.75, 3.05) is 12.4 Å². The Morgan fingerprint density at radius 1 is 1.26 bits per heavy atom. The van der Waals surface area contributed by atoms with Crippen molar-refractivity contribution in [3.05, 3.63) is 51.4 Å². The summed E-state index contributed by atoms with van der Waals surface area (Å²) in [5.41, 5.74) is 0.675. The number of nitrogens with zero attached hydrogens (tertiary/aromatic N) is 2. The molecule has 31 heavy (non-hydrogen) atoms. The number of carbonyl (C=O) groups excluding carboxylic acids is 2. The van der Waals surface area contributed by atoms with Gasteiger partial charge in [-0.25, -0.2) is 9.78 Å². The normalized spacial score (nSPS) is 12.1. The van der Waals surface area contributed by atoms with Crippen LogP contribution in [0.25, 0.3) is 10.2 Å². The van der Waals surface area contributed by atoms with E-state index in [1.165, 1.54) is 18.0 Å². The summed E-state index contributed by atoms with van der Waals surface area (Å²) in [5, 5.41) is 3.15. The Morgan fingerprint density at radius 3 is 2.61 bits per heavy atom. The van der Waals surface area contributed by atoms with E-state index in [9.17, 15) is 14.4 Å². The molecule has 0 radical (unpaired) electrons. The van der Waals surface area contributed by atoms with Crippen molar-refractivity contribution in [3.8, 4) is 5.75 Å². The Morgan fingerprint density at radius 2 is 1.97 bits per heavy atom. The summed E-state index contributed by atoms with van der Waals surface area (Å²) in [6, 6.07) is 6.29. The smallest absolute Gasteiger partial charge is 0.329 e. The number of esters is 1. The highest BCUT2D eigenvalue weighted by Gasteiger charge is 2.26. The number of thiophene rings is 1. The van der Waals surface area contributed by atoms with Crippen LogP contribution < -0.4 is 15.6 Å². The second kappa shape index (κ2) is 9.30. The Bertz CT molecular complexity index is 1180. The van der Waals surface area contributed by atoms with Crippen LogP contribution in [0.4, 0.5) is 5.69 Å². The molecule has 9 heteroatoms. The predicted octanol–water partition coefficient (Wildman–Crippen LogP) is 3.93. The van der Waals surface area contributed by atoms with E-state index in [1.807, 2.05) is 0 Å². The Kier molecular flexibility index (Phi) is 6.74. The molecule has 0 fully saturated rings. The summed E-state index contributed by atoms with van der Waals surface area (Å²) in [5.74, 6) is -0.311. The number of rotatable bonds is 7. The lowest BCUT2D eigenvalue weighted by Gasteiger charge is -2.18. The van der Waals surface area contributed by atoms with Gasteiger partial charge in [-0.15, -0.1) is 11.3 Å². The molecule has 1 aromatic carbocycles. The van der Waals surface area contributed by atoms with E-state index >= 15 is 0 Å². The van der Waals surface area contributed by atoms with Gasteiger partial charge in [0.1, 0.15) is 16.6 Å². The number of anilines is 1. The summed E-state index contributed by atoms with van der Waals surface area (Å²) >= 11 is 1.13. The third-order valence-electron chi connectivity index (χ3n) is 4.78. The van der Waals surface area contributed by atoms with Crippen LogP contribution in [0, 0.1) is 6.92 Å². The molecular weight excluding hydrogens is 418 g/mol. The molecule has 1 unspecified atom stereocenters. The number of fused-ring (bicyclic) bond motifs is 1. The second-order valence-electron chi connectivity index (χ2n) is 7.26. The SMILES string of the molecule is CCC(C(=O)OC(C)C)n1cnc2sc(C(=O)Nc3ccccc3OC)c(C)c2c1=O. The number of hydrogen-bond acceptors (Lipinski definition) is 7. The lowest BCUT2D eigenvalue weighted by Crippen LogP contribution is -2.32. The van der Waals surface area contributed by atoms with Gasteiger partial charge >= 0.3 is 5.97 Å². The van der Waals surface area contributed by atoms with E-state index < -0.39 is 12.0 Å². The number of para-hydroxylation sites is 2. The Balaban J connectivity index is 2.01. The molecular formula is C22H25N3O5S. The zero-order chi connectivity index (χ0) is 22.7. The standard InChI is InChI=1S/C22H25N3O5S/c1-6-15(22(28)30-12(2)3)25-11-23-20-17(21(25)27)13(4)18(31-20)19(26)24-14-9-7-8-10-16(14)29-5/h7-12,15H,6H2,1-5H3,(H,24,26). The molecule has 3 aromatic rings. The summed E-state index contributed by atoms with van der Waals surface area (Å²) in [4.78, 5) is 43.7. The molecule has 164 valence electrons. The minimum absolute atomic E-state index is 0.290. The van der Waals surface area contributed by atoms with E-state index in [-0.39, 0.29) is 17.6 Å². The molecule has 8 nitrogen and oxygen atoms in total. The number of carbonyl (C=O) groups is 2. The Labute approximate surface area is 183 Å². The van der Waals surface area contributed by atoms with Gasteiger partial charge in [0.15, 0.2) is 0 Å². The molecule has 2 aromatic heterocycles. The van der Waals surface area contributed by atoms with Crippen LogP contribution in [-0.2, 0) is 9.53 Å². The fraction of sp³-hybridized carbons (Fsp3) is 0.364. The van der Waals surface area contributed by atoms with Gasteiger partial charge in [-0.05, 0) is 44.9 Å². The maximum Gasteiger partial charge on any atom is 0.329 e.